The molecule has 0 spiro atoms. The van der Waals surface area contributed by atoms with Crippen LogP contribution in [-0.4, -0.2) is 12.3 Å². The van der Waals surface area contributed by atoms with Gasteiger partial charge >= 0.3 is 0 Å². The van der Waals surface area contributed by atoms with Crippen molar-refractivity contribution in [1.82, 2.24) is 0 Å². The van der Waals surface area contributed by atoms with Crippen molar-refractivity contribution in [2.75, 3.05) is 12.3 Å². The molecule has 0 amide bonds. The highest BCUT2D eigenvalue weighted by molar-refractivity contribution is 7.62. The van der Waals surface area contributed by atoms with Crippen LogP contribution in [-0.2, 0) is 0 Å². The second-order valence-electron chi connectivity index (χ2n) is 1.27. The smallest absolute Gasteiger partial charge is 0.0871 e. The number of nitrogens with zero attached hydrogens (tertiary/aromatic N) is 1. The van der Waals surface area contributed by atoms with Crippen molar-refractivity contribution >= 4 is 7.92 Å². The lowest BCUT2D eigenvalue weighted by atomic mass is 11.0. The Morgan fingerprint density at radius 1 is 1.43 bits per heavy atom. The molecular formula is C5H10NP. The Bertz CT molecular complexity index is 70.6. The maximum Gasteiger partial charge on any atom is 0.0871 e. The second kappa shape index (κ2) is 4.09. The summed E-state index contributed by atoms with van der Waals surface area (Å²) in [6, 6.07) is 0. The van der Waals surface area contributed by atoms with E-state index in [2.05, 4.69) is 19.7 Å². The average molecular weight is 115 g/mol. The molecule has 0 rings (SSSR count). The Morgan fingerprint density at radius 2 is 1.86 bits per heavy atom. The fourth-order valence-electron chi connectivity index (χ4n) is 0.365. The number of rotatable bonds is 2. The summed E-state index contributed by atoms with van der Waals surface area (Å²) in [4.78, 5) is 0. The molecule has 2 heteroatoms. The van der Waals surface area contributed by atoms with E-state index in [1.54, 1.807) is 0 Å². The summed E-state index contributed by atoms with van der Waals surface area (Å²) < 4.78 is 0. The third kappa shape index (κ3) is 2.60. The van der Waals surface area contributed by atoms with E-state index in [0.717, 1.165) is 12.3 Å². The number of hydrogen-bond donors (Lipinski definition) is 0. The zero-order chi connectivity index (χ0) is 5.70. The Balaban J connectivity index is 3.23. The van der Waals surface area contributed by atoms with Crippen LogP contribution in [0.15, 0.2) is 0 Å². The Labute approximate surface area is 46.1 Å². The van der Waals surface area contributed by atoms with Gasteiger partial charge in [-0.05, 0) is 12.3 Å². The second-order valence-corrected chi connectivity index (χ2v) is 3.82. The molecule has 0 aliphatic carbocycles. The van der Waals surface area contributed by atoms with Crippen molar-refractivity contribution in [3.8, 4) is 5.81 Å². The lowest BCUT2D eigenvalue weighted by molar-refractivity contribution is 1.42. The maximum absolute atomic E-state index is 8.30. The van der Waals surface area contributed by atoms with E-state index in [0.29, 0.717) is 0 Å². The van der Waals surface area contributed by atoms with E-state index in [9.17, 15) is 0 Å². The first kappa shape index (κ1) is 6.92. The highest BCUT2D eigenvalue weighted by Crippen LogP contribution is 2.31. The molecule has 0 aromatic heterocycles. The summed E-state index contributed by atoms with van der Waals surface area (Å²) in [5.74, 6) is 2.27. The molecule has 0 fully saturated rings. The molecule has 0 aliphatic heterocycles. The van der Waals surface area contributed by atoms with Crippen molar-refractivity contribution in [2.24, 2.45) is 0 Å². The average Bonchev–Trinajstić information content (AvgIpc) is 1.72. The quantitative estimate of drug-likeness (QED) is 0.505. The first-order chi connectivity index (χ1) is 3.35. The summed E-state index contributed by atoms with van der Waals surface area (Å²) in [6.07, 6.45) is 2.12. The Hall–Kier alpha value is -0.0800. The van der Waals surface area contributed by atoms with Gasteiger partial charge in [0.25, 0.3) is 0 Å². The van der Waals surface area contributed by atoms with Gasteiger partial charge in [-0.25, -0.2) is 0 Å². The molecule has 0 saturated carbocycles. The van der Waals surface area contributed by atoms with Gasteiger partial charge in [0.2, 0.25) is 0 Å². The summed E-state index contributed by atoms with van der Waals surface area (Å²) >= 11 is 0. The third-order valence-corrected chi connectivity index (χ3v) is 2.71. The van der Waals surface area contributed by atoms with Crippen molar-refractivity contribution in [3.05, 3.63) is 0 Å². The molecule has 0 aromatic rings. The summed E-state index contributed by atoms with van der Waals surface area (Å²) in [5, 5.41) is 8.30. The first-order valence-electron chi connectivity index (χ1n) is 2.49. The predicted octanol–water partition coefficient (Wildman–Crippen LogP) is 1.99. The van der Waals surface area contributed by atoms with Gasteiger partial charge in [-0.2, -0.15) is 5.26 Å². The molecular weight excluding hydrogens is 105 g/mol. The summed E-state index contributed by atoms with van der Waals surface area (Å²) in [7, 11) is -0.248. The van der Waals surface area contributed by atoms with Crippen LogP contribution in [0.25, 0.3) is 0 Å². The Kier molecular flexibility index (Phi) is 4.04. The zero-order valence-electron chi connectivity index (χ0n) is 4.81. The SMILES string of the molecule is CCP(C#N)CC. The standard InChI is InChI=1S/C5H10NP/c1-3-7(4-2)5-6/h3-4H2,1-2H3. The molecule has 1 nitrogen and oxygen atoms in total. The van der Waals surface area contributed by atoms with E-state index in [4.69, 9.17) is 5.26 Å². The fourth-order valence-corrected chi connectivity index (χ4v) is 1.10. The summed E-state index contributed by atoms with van der Waals surface area (Å²) in [5.41, 5.74) is 0. The maximum atomic E-state index is 8.30. The highest BCUT2D eigenvalue weighted by atomic mass is 31.1. The van der Waals surface area contributed by atoms with E-state index in [1.165, 1.54) is 0 Å². The van der Waals surface area contributed by atoms with Gasteiger partial charge in [-0.1, -0.05) is 13.8 Å². The molecule has 7 heavy (non-hydrogen) atoms. The normalized spacial score (nSPS) is 8.86. The van der Waals surface area contributed by atoms with Crippen LogP contribution in [0.1, 0.15) is 13.8 Å². The van der Waals surface area contributed by atoms with Gasteiger partial charge in [-0.3, -0.25) is 0 Å². The molecule has 0 bridgehead atoms. The van der Waals surface area contributed by atoms with Crippen LogP contribution in [0.4, 0.5) is 0 Å². The first-order valence-corrected chi connectivity index (χ1v) is 4.21. The van der Waals surface area contributed by atoms with Gasteiger partial charge < -0.3 is 0 Å². The van der Waals surface area contributed by atoms with Crippen molar-refractivity contribution in [3.63, 3.8) is 0 Å². The molecule has 0 radical (unpaired) electrons. The van der Waals surface area contributed by atoms with Crippen LogP contribution in [0.5, 0.6) is 0 Å². The monoisotopic (exact) mass is 115 g/mol. The minimum Gasteiger partial charge on any atom is -0.193 e. The number of hydrogen-bond acceptors (Lipinski definition) is 1. The topological polar surface area (TPSA) is 23.8 Å². The molecule has 40 valence electrons. The molecule has 0 N–H and O–H groups in total. The largest absolute Gasteiger partial charge is 0.193 e. The molecule has 0 unspecified atom stereocenters. The van der Waals surface area contributed by atoms with E-state index in [-0.39, 0.29) is 7.92 Å². The van der Waals surface area contributed by atoms with Gasteiger partial charge in [-0.15, -0.1) is 0 Å². The van der Waals surface area contributed by atoms with E-state index < -0.39 is 0 Å². The van der Waals surface area contributed by atoms with Crippen molar-refractivity contribution in [1.29, 1.82) is 5.26 Å². The van der Waals surface area contributed by atoms with Crippen molar-refractivity contribution < 1.29 is 0 Å². The van der Waals surface area contributed by atoms with E-state index in [1.807, 2.05) is 0 Å². The molecule has 0 aromatic carbocycles. The minimum atomic E-state index is -0.248. The molecule has 0 aliphatic rings. The third-order valence-electron chi connectivity index (χ3n) is 0.905. The predicted molar refractivity (Wildman–Crippen MR) is 33.6 cm³/mol. The lowest BCUT2D eigenvalue weighted by Crippen LogP contribution is -1.75. The van der Waals surface area contributed by atoms with Crippen LogP contribution >= 0.6 is 7.92 Å². The molecule has 0 saturated heterocycles. The van der Waals surface area contributed by atoms with Crippen LogP contribution < -0.4 is 0 Å². The lowest BCUT2D eigenvalue weighted by Gasteiger charge is -1.96. The van der Waals surface area contributed by atoms with Gasteiger partial charge in [0.05, 0.1) is 5.81 Å². The fraction of sp³-hybridized carbons (Fsp3) is 0.800. The molecule has 0 atom stereocenters. The van der Waals surface area contributed by atoms with Crippen LogP contribution in [0, 0.1) is 11.1 Å². The Morgan fingerprint density at radius 3 is 1.86 bits per heavy atom. The minimum absolute atomic E-state index is 0.248. The van der Waals surface area contributed by atoms with Gasteiger partial charge in [0, 0.05) is 7.92 Å². The zero-order valence-corrected chi connectivity index (χ0v) is 5.70. The van der Waals surface area contributed by atoms with E-state index >= 15 is 0 Å². The van der Waals surface area contributed by atoms with Gasteiger partial charge in [0.1, 0.15) is 0 Å². The van der Waals surface area contributed by atoms with Crippen LogP contribution in [0.3, 0.4) is 0 Å². The summed E-state index contributed by atoms with van der Waals surface area (Å²) in [6.45, 7) is 4.14. The van der Waals surface area contributed by atoms with Crippen LogP contribution in [0.2, 0.25) is 0 Å². The number of nitriles is 1. The molecule has 0 heterocycles. The van der Waals surface area contributed by atoms with Crippen molar-refractivity contribution in [2.45, 2.75) is 13.8 Å². The van der Waals surface area contributed by atoms with Gasteiger partial charge in [0.15, 0.2) is 0 Å². The highest BCUT2D eigenvalue weighted by Gasteiger charge is 1.95.